The molecule has 180 valence electrons. The summed E-state index contributed by atoms with van der Waals surface area (Å²) in [6, 6.07) is 18.9. The Balaban J connectivity index is 1.64. The Bertz CT molecular complexity index is 1450. The summed E-state index contributed by atoms with van der Waals surface area (Å²) in [5.74, 6) is -0.907. The average molecular weight is 511 g/mol. The average Bonchev–Trinajstić information content (AvgIpc) is 2.81. The van der Waals surface area contributed by atoms with E-state index in [0.717, 1.165) is 22.1 Å². The first-order valence-corrected chi connectivity index (χ1v) is 12.3. The molecule has 1 saturated heterocycles. The number of aromatic nitrogens is 1. The molecule has 1 aliphatic rings. The molecule has 0 spiro atoms. The van der Waals surface area contributed by atoms with Gasteiger partial charge in [-0.05, 0) is 96.9 Å². The van der Waals surface area contributed by atoms with Gasteiger partial charge in [0.05, 0.1) is 5.60 Å². The fourth-order valence-corrected chi connectivity index (χ4v) is 5.65. The van der Waals surface area contributed by atoms with Crippen molar-refractivity contribution in [3.8, 4) is 0 Å². The lowest BCUT2D eigenvalue weighted by atomic mass is 9.70. The Morgan fingerprint density at radius 3 is 2.51 bits per heavy atom. The zero-order chi connectivity index (χ0) is 24.7. The molecule has 7 heteroatoms. The molecule has 0 amide bonds. The Morgan fingerprint density at radius 2 is 1.77 bits per heavy atom. The summed E-state index contributed by atoms with van der Waals surface area (Å²) in [7, 11) is 0. The van der Waals surface area contributed by atoms with Gasteiger partial charge in [-0.1, -0.05) is 41.4 Å². The van der Waals surface area contributed by atoms with Crippen LogP contribution in [0.4, 0.5) is 4.39 Å². The van der Waals surface area contributed by atoms with Crippen LogP contribution in [0.5, 0.6) is 0 Å². The maximum atomic E-state index is 13.7. The molecule has 1 fully saturated rings. The maximum absolute atomic E-state index is 13.7. The monoisotopic (exact) mass is 510 g/mol. The number of benzene rings is 3. The van der Waals surface area contributed by atoms with Gasteiger partial charge in [0, 0.05) is 33.1 Å². The summed E-state index contributed by atoms with van der Waals surface area (Å²) in [5.41, 5.74) is 2.16. The van der Waals surface area contributed by atoms with Crippen LogP contribution >= 0.6 is 23.2 Å². The summed E-state index contributed by atoms with van der Waals surface area (Å²) in [6.07, 6.45) is 0.782. The lowest BCUT2D eigenvalue weighted by Crippen LogP contribution is -2.49. The number of aromatic amines is 1. The smallest absolute Gasteiger partial charge is 0.252 e. The molecule has 3 unspecified atom stereocenters. The normalized spacial score (nSPS) is 21.2. The van der Waals surface area contributed by atoms with Crippen LogP contribution in [0.25, 0.3) is 10.9 Å². The fourth-order valence-electron chi connectivity index (χ4n) is 5.35. The third-order valence-electron chi connectivity index (χ3n) is 7.00. The van der Waals surface area contributed by atoms with Gasteiger partial charge in [-0.3, -0.25) is 4.79 Å². The molecular weight excluding hydrogens is 486 g/mol. The third kappa shape index (κ3) is 4.74. The van der Waals surface area contributed by atoms with Gasteiger partial charge in [-0.25, -0.2) is 4.39 Å². The molecule has 35 heavy (non-hydrogen) atoms. The third-order valence-corrected chi connectivity index (χ3v) is 7.49. The molecule has 5 rings (SSSR count). The van der Waals surface area contributed by atoms with Crippen molar-refractivity contribution in [1.29, 1.82) is 0 Å². The highest BCUT2D eigenvalue weighted by Crippen LogP contribution is 2.44. The van der Waals surface area contributed by atoms with Gasteiger partial charge in [0.25, 0.3) is 5.56 Å². The Labute approximate surface area is 212 Å². The first-order chi connectivity index (χ1) is 16.7. The molecule has 1 aromatic heterocycles. The highest BCUT2D eigenvalue weighted by atomic mass is 35.5. The van der Waals surface area contributed by atoms with Crippen LogP contribution < -0.4 is 10.9 Å². The molecule has 2 heterocycles. The van der Waals surface area contributed by atoms with E-state index in [2.05, 4.69) is 10.3 Å². The highest BCUT2D eigenvalue weighted by Gasteiger charge is 2.44. The van der Waals surface area contributed by atoms with E-state index in [1.54, 1.807) is 36.4 Å². The SMILES string of the molecule is Cc1cc(F)ccc1C1CC(O)(C(c2ccc(Cl)cc2)c2cc3cc(Cl)ccc3[nH]c2=O)CCN1. The number of nitrogens with one attached hydrogen (secondary N) is 2. The van der Waals surface area contributed by atoms with Gasteiger partial charge < -0.3 is 15.4 Å². The van der Waals surface area contributed by atoms with E-state index < -0.39 is 11.5 Å². The second kappa shape index (κ2) is 9.40. The summed E-state index contributed by atoms with van der Waals surface area (Å²) < 4.78 is 13.7. The van der Waals surface area contributed by atoms with Gasteiger partial charge in [0.15, 0.2) is 0 Å². The number of rotatable bonds is 4. The molecule has 3 N–H and O–H groups in total. The quantitative estimate of drug-likeness (QED) is 0.303. The first kappa shape index (κ1) is 24.0. The van der Waals surface area contributed by atoms with Crippen molar-refractivity contribution in [2.75, 3.05) is 6.54 Å². The van der Waals surface area contributed by atoms with Gasteiger partial charge in [-0.15, -0.1) is 0 Å². The Kier molecular flexibility index (Phi) is 6.45. The largest absolute Gasteiger partial charge is 0.389 e. The van der Waals surface area contributed by atoms with Crippen molar-refractivity contribution >= 4 is 34.1 Å². The minimum absolute atomic E-state index is 0.196. The lowest BCUT2D eigenvalue weighted by Gasteiger charge is -2.43. The van der Waals surface area contributed by atoms with E-state index in [-0.39, 0.29) is 17.4 Å². The van der Waals surface area contributed by atoms with Crippen LogP contribution in [0.2, 0.25) is 10.0 Å². The number of piperidine rings is 1. The van der Waals surface area contributed by atoms with Crippen LogP contribution in [0.3, 0.4) is 0 Å². The Hall–Kier alpha value is -2.70. The van der Waals surface area contributed by atoms with Crippen LogP contribution in [-0.4, -0.2) is 22.2 Å². The molecule has 3 atom stereocenters. The fraction of sp³-hybridized carbons (Fsp3) is 0.250. The maximum Gasteiger partial charge on any atom is 0.252 e. The van der Waals surface area contributed by atoms with E-state index >= 15 is 0 Å². The van der Waals surface area contributed by atoms with Crippen molar-refractivity contribution in [3.05, 3.63) is 115 Å². The van der Waals surface area contributed by atoms with Crippen molar-refractivity contribution < 1.29 is 9.50 Å². The molecule has 0 radical (unpaired) electrons. The van der Waals surface area contributed by atoms with Crippen LogP contribution in [0.15, 0.2) is 71.5 Å². The number of halogens is 3. The van der Waals surface area contributed by atoms with Gasteiger partial charge in [0.1, 0.15) is 5.82 Å². The summed E-state index contributed by atoms with van der Waals surface area (Å²) in [5, 5.41) is 17.6. The lowest BCUT2D eigenvalue weighted by molar-refractivity contribution is -0.0194. The minimum Gasteiger partial charge on any atom is -0.389 e. The summed E-state index contributed by atoms with van der Waals surface area (Å²) in [6.45, 7) is 2.40. The minimum atomic E-state index is -1.25. The van der Waals surface area contributed by atoms with Gasteiger partial charge in [0.2, 0.25) is 0 Å². The molecular formula is C28H25Cl2FN2O2. The van der Waals surface area contributed by atoms with E-state index in [4.69, 9.17) is 23.2 Å². The van der Waals surface area contributed by atoms with Crippen LogP contribution in [-0.2, 0) is 0 Å². The van der Waals surface area contributed by atoms with Gasteiger partial charge in [-0.2, -0.15) is 0 Å². The number of hydrogen-bond donors (Lipinski definition) is 3. The second-order valence-electron chi connectivity index (χ2n) is 9.34. The molecule has 1 aliphatic heterocycles. The molecule has 0 saturated carbocycles. The number of aryl methyl sites for hydroxylation is 1. The Morgan fingerprint density at radius 1 is 1.03 bits per heavy atom. The van der Waals surface area contributed by atoms with Crippen LogP contribution in [0.1, 0.15) is 47.1 Å². The second-order valence-corrected chi connectivity index (χ2v) is 10.2. The number of hydrogen-bond acceptors (Lipinski definition) is 3. The van der Waals surface area contributed by atoms with E-state index in [9.17, 15) is 14.3 Å². The number of fused-ring (bicyclic) bond motifs is 1. The van der Waals surface area contributed by atoms with E-state index in [1.165, 1.54) is 12.1 Å². The van der Waals surface area contributed by atoms with Crippen molar-refractivity contribution in [2.24, 2.45) is 0 Å². The topological polar surface area (TPSA) is 65.1 Å². The predicted molar refractivity (Wildman–Crippen MR) is 139 cm³/mol. The zero-order valence-corrected chi connectivity index (χ0v) is 20.6. The summed E-state index contributed by atoms with van der Waals surface area (Å²) in [4.78, 5) is 16.3. The molecule has 3 aromatic carbocycles. The summed E-state index contributed by atoms with van der Waals surface area (Å²) >= 11 is 12.4. The predicted octanol–water partition coefficient (Wildman–Crippen LogP) is 6.27. The van der Waals surface area contributed by atoms with Crippen LogP contribution in [0, 0.1) is 12.7 Å². The zero-order valence-electron chi connectivity index (χ0n) is 19.1. The van der Waals surface area contributed by atoms with Crippen molar-refractivity contribution in [2.45, 2.75) is 37.3 Å². The van der Waals surface area contributed by atoms with Gasteiger partial charge >= 0.3 is 0 Å². The molecule has 0 bridgehead atoms. The number of pyridine rings is 1. The van der Waals surface area contributed by atoms with E-state index in [1.807, 2.05) is 25.1 Å². The number of H-pyrrole nitrogens is 1. The first-order valence-electron chi connectivity index (χ1n) is 11.5. The molecule has 4 aromatic rings. The standard InChI is InChI=1S/C28H25Cl2FN2O2/c1-16-12-21(31)7-8-22(16)25-15-28(35,10-11-32-25)26(17-2-4-19(29)5-3-17)23-14-18-13-20(30)6-9-24(18)33-27(23)34/h2-9,12-14,25-26,32,35H,10-11,15H2,1H3,(H,33,34). The molecule has 0 aliphatic carbocycles. The number of aliphatic hydroxyl groups is 1. The van der Waals surface area contributed by atoms with E-state index in [0.29, 0.717) is 40.5 Å². The highest BCUT2D eigenvalue weighted by molar-refractivity contribution is 6.31. The molecule has 4 nitrogen and oxygen atoms in total. The van der Waals surface area contributed by atoms with Crippen molar-refractivity contribution in [3.63, 3.8) is 0 Å². The van der Waals surface area contributed by atoms with Crippen molar-refractivity contribution in [1.82, 2.24) is 10.3 Å².